The lowest BCUT2D eigenvalue weighted by atomic mass is 10.2. The fourth-order valence-electron chi connectivity index (χ4n) is 2.17. The van der Waals surface area contributed by atoms with Crippen molar-refractivity contribution in [2.75, 3.05) is 26.2 Å². The summed E-state index contributed by atoms with van der Waals surface area (Å²) >= 11 is 0. The molecule has 1 saturated heterocycles. The Morgan fingerprint density at radius 1 is 1.59 bits per heavy atom. The topological polar surface area (TPSA) is 84.7 Å². The SMILES string of the molecule is C[C@@H]1CNCCN1C(=O)COc1ccc([N+](=O)[O-])c(F)c1.Cl. The lowest BCUT2D eigenvalue weighted by Gasteiger charge is -2.33. The molecule has 1 aliphatic heterocycles. The predicted octanol–water partition coefficient (Wildman–Crippen LogP) is 1.35. The van der Waals surface area contributed by atoms with Crippen LogP contribution in [0.4, 0.5) is 10.1 Å². The largest absolute Gasteiger partial charge is 0.484 e. The standard InChI is InChI=1S/C13H16FN3O4.ClH/c1-9-7-15-4-5-16(9)13(18)8-21-10-2-3-12(17(19)20)11(14)6-10;/h2-3,6,9,15H,4-5,7-8H2,1H3;1H/t9-;/m1./s1. The van der Waals surface area contributed by atoms with E-state index in [9.17, 15) is 19.3 Å². The van der Waals surface area contributed by atoms with Crippen LogP contribution in [0.1, 0.15) is 6.92 Å². The molecule has 122 valence electrons. The second-order valence-electron chi connectivity index (χ2n) is 4.80. The maximum absolute atomic E-state index is 13.4. The highest BCUT2D eigenvalue weighted by molar-refractivity contribution is 5.85. The number of amides is 1. The second kappa shape index (κ2) is 7.90. The van der Waals surface area contributed by atoms with E-state index in [0.29, 0.717) is 6.54 Å². The smallest absolute Gasteiger partial charge is 0.305 e. The number of hydrogen-bond acceptors (Lipinski definition) is 5. The molecule has 7 nitrogen and oxygen atoms in total. The number of nitro benzene ring substituents is 1. The zero-order valence-corrected chi connectivity index (χ0v) is 12.8. The van der Waals surface area contributed by atoms with Crippen molar-refractivity contribution in [1.82, 2.24) is 10.2 Å². The molecular formula is C13H17ClFN3O4. The molecule has 1 aromatic carbocycles. The Balaban J connectivity index is 0.00000242. The Hall–Kier alpha value is -1.93. The van der Waals surface area contributed by atoms with Gasteiger partial charge in [0.15, 0.2) is 6.61 Å². The van der Waals surface area contributed by atoms with E-state index in [2.05, 4.69) is 5.32 Å². The molecule has 0 bridgehead atoms. The highest BCUT2D eigenvalue weighted by Crippen LogP contribution is 2.22. The molecular weight excluding hydrogens is 317 g/mol. The van der Waals surface area contributed by atoms with Gasteiger partial charge in [0, 0.05) is 37.8 Å². The number of rotatable bonds is 4. The minimum Gasteiger partial charge on any atom is -0.484 e. The highest BCUT2D eigenvalue weighted by Gasteiger charge is 2.23. The first kappa shape index (κ1) is 18.1. The Labute approximate surface area is 133 Å². The molecule has 22 heavy (non-hydrogen) atoms. The number of hydrogen-bond donors (Lipinski definition) is 1. The maximum atomic E-state index is 13.4. The van der Waals surface area contributed by atoms with Gasteiger partial charge in [-0.3, -0.25) is 14.9 Å². The van der Waals surface area contributed by atoms with Gasteiger partial charge >= 0.3 is 5.69 Å². The highest BCUT2D eigenvalue weighted by atomic mass is 35.5. The average molecular weight is 334 g/mol. The number of halogens is 2. The van der Waals surface area contributed by atoms with Gasteiger partial charge in [0.1, 0.15) is 5.75 Å². The van der Waals surface area contributed by atoms with E-state index in [1.165, 1.54) is 6.07 Å². The molecule has 9 heteroatoms. The van der Waals surface area contributed by atoms with Crippen LogP contribution in [0.2, 0.25) is 0 Å². The number of ether oxygens (including phenoxy) is 1. The Morgan fingerprint density at radius 3 is 2.91 bits per heavy atom. The minimum atomic E-state index is -0.986. The van der Waals surface area contributed by atoms with E-state index in [0.717, 1.165) is 25.2 Å². The van der Waals surface area contributed by atoms with E-state index < -0.39 is 16.4 Å². The molecule has 1 heterocycles. The average Bonchev–Trinajstić information content (AvgIpc) is 2.45. The van der Waals surface area contributed by atoms with Gasteiger partial charge < -0.3 is 15.0 Å². The summed E-state index contributed by atoms with van der Waals surface area (Å²) in [6.45, 7) is 3.75. The molecule has 0 spiro atoms. The normalized spacial score (nSPS) is 17.5. The van der Waals surface area contributed by atoms with Gasteiger partial charge in [0.05, 0.1) is 4.92 Å². The quantitative estimate of drug-likeness (QED) is 0.664. The van der Waals surface area contributed by atoms with Crippen molar-refractivity contribution in [2.45, 2.75) is 13.0 Å². The third-order valence-electron chi connectivity index (χ3n) is 3.30. The van der Waals surface area contributed by atoms with Crippen molar-refractivity contribution < 1.29 is 18.8 Å². The van der Waals surface area contributed by atoms with Crippen molar-refractivity contribution >= 4 is 24.0 Å². The monoisotopic (exact) mass is 333 g/mol. The van der Waals surface area contributed by atoms with Gasteiger partial charge in [-0.2, -0.15) is 4.39 Å². The minimum absolute atomic E-state index is 0. The fraction of sp³-hybridized carbons (Fsp3) is 0.462. The van der Waals surface area contributed by atoms with Crippen molar-refractivity contribution in [3.8, 4) is 5.75 Å². The van der Waals surface area contributed by atoms with Crippen LogP contribution < -0.4 is 10.1 Å². The first-order chi connectivity index (χ1) is 9.99. The Bertz CT molecular complexity index is 558. The van der Waals surface area contributed by atoms with Crippen LogP contribution in [0.3, 0.4) is 0 Å². The van der Waals surface area contributed by atoms with Crippen LogP contribution in [0, 0.1) is 15.9 Å². The van der Waals surface area contributed by atoms with Crippen LogP contribution >= 0.6 is 12.4 Å². The number of piperazine rings is 1. The summed E-state index contributed by atoms with van der Waals surface area (Å²) in [5.41, 5.74) is -0.621. The molecule has 1 aliphatic rings. The second-order valence-corrected chi connectivity index (χ2v) is 4.80. The van der Waals surface area contributed by atoms with Crippen molar-refractivity contribution in [1.29, 1.82) is 0 Å². The molecule has 0 aliphatic carbocycles. The van der Waals surface area contributed by atoms with Crippen molar-refractivity contribution in [3.63, 3.8) is 0 Å². The Kier molecular flexibility index (Phi) is 6.51. The third-order valence-corrected chi connectivity index (χ3v) is 3.30. The number of carbonyl (C=O) groups excluding carboxylic acids is 1. The Morgan fingerprint density at radius 2 is 2.32 bits per heavy atom. The van der Waals surface area contributed by atoms with E-state index in [-0.39, 0.29) is 36.7 Å². The van der Waals surface area contributed by atoms with Gasteiger partial charge in [-0.15, -0.1) is 12.4 Å². The number of benzene rings is 1. The van der Waals surface area contributed by atoms with Crippen molar-refractivity contribution in [2.24, 2.45) is 0 Å². The number of carbonyl (C=O) groups is 1. The molecule has 0 saturated carbocycles. The summed E-state index contributed by atoms with van der Waals surface area (Å²) in [4.78, 5) is 23.4. The molecule has 1 amide bonds. The third kappa shape index (κ3) is 4.28. The van der Waals surface area contributed by atoms with Crippen LogP contribution in [-0.4, -0.2) is 48.0 Å². The first-order valence-corrected chi connectivity index (χ1v) is 6.56. The van der Waals surface area contributed by atoms with E-state index in [1.54, 1.807) is 4.90 Å². The summed E-state index contributed by atoms with van der Waals surface area (Å²) < 4.78 is 18.6. The zero-order chi connectivity index (χ0) is 15.4. The molecule has 0 radical (unpaired) electrons. The van der Waals surface area contributed by atoms with Gasteiger partial charge in [-0.1, -0.05) is 0 Å². The summed E-state index contributed by atoms with van der Waals surface area (Å²) in [7, 11) is 0. The number of nitrogens with zero attached hydrogens (tertiary/aromatic N) is 2. The van der Waals surface area contributed by atoms with Gasteiger partial charge in [0.2, 0.25) is 5.82 Å². The molecule has 1 atom stereocenters. The van der Waals surface area contributed by atoms with E-state index in [4.69, 9.17) is 4.74 Å². The van der Waals surface area contributed by atoms with Gasteiger partial charge in [0.25, 0.3) is 5.91 Å². The number of nitro groups is 1. The summed E-state index contributed by atoms with van der Waals surface area (Å²) in [5, 5.41) is 13.7. The maximum Gasteiger partial charge on any atom is 0.305 e. The molecule has 1 fully saturated rings. The number of nitrogens with one attached hydrogen (secondary N) is 1. The lowest BCUT2D eigenvalue weighted by molar-refractivity contribution is -0.387. The summed E-state index contributed by atoms with van der Waals surface area (Å²) in [6.07, 6.45) is 0. The molecule has 1 aromatic rings. The van der Waals surface area contributed by atoms with Gasteiger partial charge in [-0.25, -0.2) is 0 Å². The summed E-state index contributed by atoms with van der Waals surface area (Å²) in [6, 6.07) is 3.27. The van der Waals surface area contributed by atoms with E-state index >= 15 is 0 Å². The fourth-order valence-corrected chi connectivity index (χ4v) is 2.17. The van der Waals surface area contributed by atoms with E-state index in [1.807, 2.05) is 6.92 Å². The summed E-state index contributed by atoms with van der Waals surface area (Å²) in [5.74, 6) is -1.09. The van der Waals surface area contributed by atoms with Crippen LogP contribution in [0.25, 0.3) is 0 Å². The van der Waals surface area contributed by atoms with Crippen molar-refractivity contribution in [3.05, 3.63) is 34.1 Å². The zero-order valence-electron chi connectivity index (χ0n) is 12.0. The molecule has 1 N–H and O–H groups in total. The molecule has 0 aromatic heterocycles. The van der Waals surface area contributed by atoms with Crippen LogP contribution in [0.5, 0.6) is 5.75 Å². The van der Waals surface area contributed by atoms with Crippen LogP contribution in [-0.2, 0) is 4.79 Å². The lowest BCUT2D eigenvalue weighted by Crippen LogP contribution is -2.53. The molecule has 2 rings (SSSR count). The van der Waals surface area contributed by atoms with Crippen LogP contribution in [0.15, 0.2) is 18.2 Å². The van der Waals surface area contributed by atoms with Gasteiger partial charge in [-0.05, 0) is 13.0 Å². The first-order valence-electron chi connectivity index (χ1n) is 6.56. The molecule has 0 unspecified atom stereocenters. The predicted molar refractivity (Wildman–Crippen MR) is 79.8 cm³/mol.